The first-order valence-electron chi connectivity index (χ1n) is 3.58. The van der Waals surface area contributed by atoms with Gasteiger partial charge in [-0.25, -0.2) is 4.99 Å². The molecule has 0 bridgehead atoms. The smallest absolute Gasteiger partial charge is 0.190 e. The molecule has 0 fully saturated rings. The van der Waals surface area contributed by atoms with E-state index in [4.69, 9.17) is 11.5 Å². The van der Waals surface area contributed by atoms with Crippen molar-refractivity contribution < 1.29 is 0 Å². The van der Waals surface area contributed by atoms with Crippen molar-refractivity contribution in [2.45, 2.75) is 25.7 Å². The van der Waals surface area contributed by atoms with Crippen LogP contribution in [0.25, 0.3) is 0 Å². The molecule has 3 heteroatoms. The Morgan fingerprint density at radius 3 is 2.70 bits per heavy atom. The molecule has 0 heterocycles. The maximum atomic E-state index is 5.21. The largest absolute Gasteiger partial charge is 0.370 e. The zero-order chi connectivity index (χ0) is 7.40. The molecule has 0 unspecified atom stereocenters. The Labute approximate surface area is 60.8 Å². The van der Waals surface area contributed by atoms with Crippen LogP contribution >= 0.6 is 0 Å². The van der Waals surface area contributed by atoms with Gasteiger partial charge < -0.3 is 11.5 Å². The van der Waals surface area contributed by atoms with Crippen molar-refractivity contribution in [3.05, 3.63) is 11.8 Å². The summed E-state index contributed by atoms with van der Waals surface area (Å²) in [4.78, 5) is 3.97. The number of allylic oxidation sites excluding steroid dienone is 2. The molecule has 0 aliphatic heterocycles. The number of guanidine groups is 1. The van der Waals surface area contributed by atoms with Crippen LogP contribution in [-0.2, 0) is 0 Å². The lowest BCUT2D eigenvalue weighted by atomic mass is 10.1. The van der Waals surface area contributed by atoms with Gasteiger partial charge in [-0.2, -0.15) is 0 Å². The van der Waals surface area contributed by atoms with Gasteiger partial charge in [0.05, 0.1) is 0 Å². The first-order valence-corrected chi connectivity index (χ1v) is 3.58. The summed E-state index contributed by atoms with van der Waals surface area (Å²) in [5, 5.41) is 0. The summed E-state index contributed by atoms with van der Waals surface area (Å²) in [5.41, 5.74) is 11.5. The summed E-state index contributed by atoms with van der Waals surface area (Å²) < 4.78 is 0. The van der Waals surface area contributed by atoms with Crippen LogP contribution in [-0.4, -0.2) is 5.96 Å². The third kappa shape index (κ3) is 2.09. The SMILES string of the molecule is NC(N)=NC1=CCCCC1. The minimum absolute atomic E-state index is 0.174. The number of nitrogens with zero attached hydrogens (tertiary/aromatic N) is 1. The summed E-state index contributed by atoms with van der Waals surface area (Å²) in [7, 11) is 0. The molecule has 1 rings (SSSR count). The zero-order valence-corrected chi connectivity index (χ0v) is 6.01. The van der Waals surface area contributed by atoms with Gasteiger partial charge in [-0.15, -0.1) is 0 Å². The number of hydrogen-bond donors (Lipinski definition) is 2. The molecule has 10 heavy (non-hydrogen) atoms. The molecule has 0 aromatic carbocycles. The Morgan fingerprint density at radius 1 is 1.40 bits per heavy atom. The molecule has 0 aromatic rings. The predicted molar refractivity (Wildman–Crippen MR) is 42.4 cm³/mol. The van der Waals surface area contributed by atoms with Gasteiger partial charge in [0, 0.05) is 5.70 Å². The Kier molecular flexibility index (Phi) is 2.31. The Bertz CT molecular complexity index is 166. The highest BCUT2D eigenvalue weighted by atomic mass is 15.0. The molecule has 0 aromatic heterocycles. The Balaban J connectivity index is 2.54. The van der Waals surface area contributed by atoms with Gasteiger partial charge in [0.2, 0.25) is 0 Å². The number of rotatable bonds is 1. The van der Waals surface area contributed by atoms with Crippen molar-refractivity contribution in [3.8, 4) is 0 Å². The third-order valence-corrected chi connectivity index (χ3v) is 1.54. The molecule has 1 aliphatic rings. The van der Waals surface area contributed by atoms with E-state index in [2.05, 4.69) is 11.1 Å². The topological polar surface area (TPSA) is 64.4 Å². The summed E-state index contributed by atoms with van der Waals surface area (Å²) in [6, 6.07) is 0. The first-order chi connectivity index (χ1) is 4.79. The van der Waals surface area contributed by atoms with Crippen LogP contribution in [0.4, 0.5) is 0 Å². The second-order valence-electron chi connectivity index (χ2n) is 2.48. The van der Waals surface area contributed by atoms with E-state index in [0.29, 0.717) is 0 Å². The van der Waals surface area contributed by atoms with E-state index in [0.717, 1.165) is 18.5 Å². The quantitative estimate of drug-likeness (QED) is 0.415. The maximum absolute atomic E-state index is 5.21. The molecule has 0 saturated heterocycles. The number of aliphatic imine (C=N–C) groups is 1. The Morgan fingerprint density at radius 2 is 2.20 bits per heavy atom. The fraction of sp³-hybridized carbons (Fsp3) is 0.571. The number of hydrogen-bond acceptors (Lipinski definition) is 1. The van der Waals surface area contributed by atoms with E-state index in [9.17, 15) is 0 Å². The van der Waals surface area contributed by atoms with Gasteiger partial charge in [0.15, 0.2) is 5.96 Å². The van der Waals surface area contributed by atoms with Gasteiger partial charge in [0.25, 0.3) is 0 Å². The molecule has 1 aliphatic carbocycles. The molecular weight excluding hydrogens is 126 g/mol. The van der Waals surface area contributed by atoms with E-state index in [-0.39, 0.29) is 5.96 Å². The molecule has 0 atom stereocenters. The molecule has 0 spiro atoms. The van der Waals surface area contributed by atoms with Crippen LogP contribution < -0.4 is 11.5 Å². The highest BCUT2D eigenvalue weighted by Gasteiger charge is 2.00. The Hall–Kier alpha value is -0.990. The van der Waals surface area contributed by atoms with Gasteiger partial charge in [-0.3, -0.25) is 0 Å². The number of nitrogens with two attached hydrogens (primary N) is 2. The summed E-state index contributed by atoms with van der Waals surface area (Å²) in [6.07, 6.45) is 6.72. The summed E-state index contributed by atoms with van der Waals surface area (Å²) in [6.45, 7) is 0. The fourth-order valence-electron chi connectivity index (χ4n) is 1.09. The molecule has 4 N–H and O–H groups in total. The van der Waals surface area contributed by atoms with E-state index >= 15 is 0 Å². The predicted octanol–water partition coefficient (Wildman–Crippen LogP) is 0.718. The fourth-order valence-corrected chi connectivity index (χ4v) is 1.09. The van der Waals surface area contributed by atoms with Crippen LogP contribution in [0.2, 0.25) is 0 Å². The van der Waals surface area contributed by atoms with Crippen molar-refractivity contribution >= 4 is 5.96 Å². The molecule has 0 saturated carbocycles. The van der Waals surface area contributed by atoms with E-state index in [1.807, 2.05) is 0 Å². The molecule has 3 nitrogen and oxygen atoms in total. The lowest BCUT2D eigenvalue weighted by Gasteiger charge is -2.07. The van der Waals surface area contributed by atoms with Crippen molar-refractivity contribution in [1.29, 1.82) is 0 Å². The highest BCUT2D eigenvalue weighted by Crippen LogP contribution is 2.17. The highest BCUT2D eigenvalue weighted by molar-refractivity contribution is 5.76. The van der Waals surface area contributed by atoms with E-state index in [1.54, 1.807) is 0 Å². The lowest BCUT2D eigenvalue weighted by Crippen LogP contribution is -2.22. The molecule has 0 amide bonds. The van der Waals surface area contributed by atoms with Crippen LogP contribution in [0.15, 0.2) is 16.8 Å². The second-order valence-corrected chi connectivity index (χ2v) is 2.48. The first kappa shape index (κ1) is 7.12. The van der Waals surface area contributed by atoms with Crippen LogP contribution in [0.5, 0.6) is 0 Å². The average molecular weight is 139 g/mol. The van der Waals surface area contributed by atoms with Gasteiger partial charge in [-0.1, -0.05) is 6.08 Å². The van der Waals surface area contributed by atoms with Crippen molar-refractivity contribution in [2.24, 2.45) is 16.5 Å². The minimum atomic E-state index is 0.174. The lowest BCUT2D eigenvalue weighted by molar-refractivity contribution is 0.696. The van der Waals surface area contributed by atoms with Crippen LogP contribution in [0, 0.1) is 0 Å². The van der Waals surface area contributed by atoms with Crippen LogP contribution in [0.3, 0.4) is 0 Å². The summed E-state index contributed by atoms with van der Waals surface area (Å²) >= 11 is 0. The van der Waals surface area contributed by atoms with Crippen LogP contribution in [0.1, 0.15) is 25.7 Å². The van der Waals surface area contributed by atoms with Gasteiger partial charge in [0.1, 0.15) is 0 Å². The minimum Gasteiger partial charge on any atom is -0.370 e. The van der Waals surface area contributed by atoms with Gasteiger partial charge in [-0.05, 0) is 25.7 Å². The van der Waals surface area contributed by atoms with Crippen molar-refractivity contribution in [3.63, 3.8) is 0 Å². The summed E-state index contributed by atoms with van der Waals surface area (Å²) in [5.74, 6) is 0.174. The standard InChI is InChI=1S/C7H13N3/c8-7(9)10-6-4-2-1-3-5-6/h4H,1-3,5H2,(H4,8,9,10). The maximum Gasteiger partial charge on any atom is 0.190 e. The zero-order valence-electron chi connectivity index (χ0n) is 6.01. The van der Waals surface area contributed by atoms with E-state index in [1.165, 1.54) is 12.8 Å². The van der Waals surface area contributed by atoms with Crippen molar-refractivity contribution in [2.75, 3.05) is 0 Å². The normalized spacial score (nSPS) is 17.8. The van der Waals surface area contributed by atoms with Gasteiger partial charge >= 0.3 is 0 Å². The van der Waals surface area contributed by atoms with Crippen molar-refractivity contribution in [1.82, 2.24) is 0 Å². The monoisotopic (exact) mass is 139 g/mol. The second kappa shape index (κ2) is 3.25. The molecule has 0 radical (unpaired) electrons. The third-order valence-electron chi connectivity index (χ3n) is 1.54. The molecular formula is C7H13N3. The molecule has 56 valence electrons. The average Bonchev–Trinajstić information content (AvgIpc) is 1.88. The van der Waals surface area contributed by atoms with E-state index < -0.39 is 0 Å².